The zero-order valence-electron chi connectivity index (χ0n) is 19.2. The van der Waals surface area contributed by atoms with Gasteiger partial charge >= 0.3 is 6.61 Å². The van der Waals surface area contributed by atoms with Gasteiger partial charge < -0.3 is 19.1 Å². The molecule has 0 aliphatic carbocycles. The van der Waals surface area contributed by atoms with Gasteiger partial charge in [0.2, 0.25) is 0 Å². The average Bonchev–Trinajstić information content (AvgIpc) is 3.34. The number of halogens is 3. The van der Waals surface area contributed by atoms with Crippen molar-refractivity contribution in [1.29, 1.82) is 0 Å². The fourth-order valence-electron chi connectivity index (χ4n) is 4.53. The Morgan fingerprint density at radius 2 is 1.86 bits per heavy atom. The standard InChI is InChI=1S/C25H23F3N4O3/c1-25(2,33)23-29-11-13(12-30-23)15-8-19-17(9-16(15)26)31-22-21(34-3)10-18(32(19)22)14-6-4-5-7-20(14)35-24(27)28/h4-9,11-12,18,21,24,33H,10H2,1-3H3. The molecule has 2 atom stereocenters. The minimum absolute atomic E-state index is 0.0648. The Bertz CT molecular complexity index is 1380. The van der Waals surface area contributed by atoms with Gasteiger partial charge in [-0.1, -0.05) is 18.2 Å². The molecular formula is C25H23F3N4O3. The summed E-state index contributed by atoms with van der Waals surface area (Å²) in [6.07, 6.45) is 2.95. The van der Waals surface area contributed by atoms with Crippen LogP contribution in [0.25, 0.3) is 22.2 Å². The molecule has 0 fully saturated rings. The van der Waals surface area contributed by atoms with Gasteiger partial charge in [0.1, 0.15) is 29.1 Å². The fourth-order valence-corrected chi connectivity index (χ4v) is 4.53. The molecule has 0 amide bonds. The van der Waals surface area contributed by atoms with Crippen LogP contribution in [0.2, 0.25) is 0 Å². The maximum absolute atomic E-state index is 15.1. The molecule has 7 nitrogen and oxygen atoms in total. The van der Waals surface area contributed by atoms with E-state index in [1.54, 1.807) is 45.2 Å². The Morgan fingerprint density at radius 1 is 1.14 bits per heavy atom. The van der Waals surface area contributed by atoms with E-state index in [-0.39, 0.29) is 17.1 Å². The number of benzene rings is 2. The number of ether oxygens (including phenoxy) is 2. The van der Waals surface area contributed by atoms with E-state index in [4.69, 9.17) is 9.47 Å². The fraction of sp³-hybridized carbons (Fsp3) is 0.320. The monoisotopic (exact) mass is 484 g/mol. The predicted octanol–water partition coefficient (Wildman–Crippen LogP) is 5.14. The Hall–Kier alpha value is -3.50. The molecule has 1 aliphatic heterocycles. The SMILES string of the molecule is COC1CC(c2ccccc2OC(F)F)n2c1nc1cc(F)c(-c3cnc(C(C)(C)O)nc3)cc12. The second-order valence-electron chi connectivity index (χ2n) is 8.91. The lowest BCUT2D eigenvalue weighted by atomic mass is 10.0. The van der Waals surface area contributed by atoms with E-state index in [1.165, 1.54) is 24.5 Å². The predicted molar refractivity (Wildman–Crippen MR) is 122 cm³/mol. The molecule has 2 aromatic carbocycles. The number of methoxy groups -OCH3 is 1. The highest BCUT2D eigenvalue weighted by Crippen LogP contribution is 2.46. The quantitative estimate of drug-likeness (QED) is 0.408. The lowest BCUT2D eigenvalue weighted by Gasteiger charge is -2.19. The van der Waals surface area contributed by atoms with E-state index in [1.807, 2.05) is 4.57 Å². The number of para-hydroxylation sites is 1. The summed E-state index contributed by atoms with van der Waals surface area (Å²) in [6.45, 7) is 0.153. The Kier molecular flexibility index (Phi) is 5.72. The van der Waals surface area contributed by atoms with Gasteiger partial charge in [-0.2, -0.15) is 8.78 Å². The van der Waals surface area contributed by atoms with Crippen LogP contribution in [0.1, 0.15) is 49.6 Å². The molecule has 5 rings (SSSR count). The molecule has 4 aromatic rings. The molecule has 35 heavy (non-hydrogen) atoms. The van der Waals surface area contributed by atoms with Crippen molar-refractivity contribution in [2.45, 2.75) is 44.6 Å². The van der Waals surface area contributed by atoms with E-state index < -0.39 is 30.2 Å². The van der Waals surface area contributed by atoms with Crippen LogP contribution in [0.15, 0.2) is 48.8 Å². The third-order valence-corrected chi connectivity index (χ3v) is 6.13. The zero-order chi connectivity index (χ0) is 24.9. The summed E-state index contributed by atoms with van der Waals surface area (Å²) in [4.78, 5) is 13.0. The number of alkyl halides is 2. The molecule has 2 unspecified atom stereocenters. The lowest BCUT2D eigenvalue weighted by molar-refractivity contribution is -0.0507. The van der Waals surface area contributed by atoms with Crippen LogP contribution in [-0.4, -0.2) is 38.3 Å². The van der Waals surface area contributed by atoms with Crippen molar-refractivity contribution in [1.82, 2.24) is 19.5 Å². The highest BCUT2D eigenvalue weighted by molar-refractivity contribution is 5.83. The molecule has 3 heterocycles. The minimum Gasteiger partial charge on any atom is -0.434 e. The van der Waals surface area contributed by atoms with Crippen LogP contribution < -0.4 is 4.74 Å². The summed E-state index contributed by atoms with van der Waals surface area (Å²) in [5, 5.41) is 10.1. The third kappa shape index (κ3) is 4.12. The largest absolute Gasteiger partial charge is 0.434 e. The molecule has 2 aromatic heterocycles. The Morgan fingerprint density at radius 3 is 2.51 bits per heavy atom. The van der Waals surface area contributed by atoms with Gasteiger partial charge in [-0.05, 0) is 26.0 Å². The van der Waals surface area contributed by atoms with Crippen molar-refractivity contribution in [3.8, 4) is 16.9 Å². The van der Waals surface area contributed by atoms with Crippen LogP contribution in [0.5, 0.6) is 5.75 Å². The first kappa shape index (κ1) is 23.3. The number of fused-ring (bicyclic) bond motifs is 3. The van der Waals surface area contributed by atoms with Crippen LogP contribution in [0, 0.1) is 5.82 Å². The Balaban J connectivity index is 1.65. The summed E-state index contributed by atoms with van der Waals surface area (Å²) < 4.78 is 53.5. The first-order valence-electron chi connectivity index (χ1n) is 11.0. The van der Waals surface area contributed by atoms with Crippen molar-refractivity contribution in [3.05, 3.63) is 71.8 Å². The maximum Gasteiger partial charge on any atom is 0.387 e. The molecule has 10 heteroatoms. The van der Waals surface area contributed by atoms with Crippen LogP contribution in [-0.2, 0) is 10.3 Å². The normalized spacial score (nSPS) is 17.8. The van der Waals surface area contributed by atoms with Crippen LogP contribution in [0.4, 0.5) is 13.2 Å². The number of rotatable bonds is 6. The van der Waals surface area contributed by atoms with E-state index in [0.717, 1.165) is 0 Å². The number of hydrogen-bond acceptors (Lipinski definition) is 6. The molecule has 0 radical (unpaired) electrons. The first-order chi connectivity index (χ1) is 16.7. The van der Waals surface area contributed by atoms with E-state index >= 15 is 4.39 Å². The summed E-state index contributed by atoms with van der Waals surface area (Å²) >= 11 is 0. The number of aromatic nitrogens is 4. The van der Waals surface area contributed by atoms with Crippen molar-refractivity contribution in [2.75, 3.05) is 7.11 Å². The van der Waals surface area contributed by atoms with Crippen molar-refractivity contribution in [2.24, 2.45) is 0 Å². The van der Waals surface area contributed by atoms with Gasteiger partial charge in [0.15, 0.2) is 5.82 Å². The first-order valence-corrected chi connectivity index (χ1v) is 11.0. The van der Waals surface area contributed by atoms with Gasteiger partial charge in [-0.15, -0.1) is 0 Å². The summed E-state index contributed by atoms with van der Waals surface area (Å²) in [7, 11) is 1.55. The van der Waals surface area contributed by atoms with Crippen LogP contribution in [0.3, 0.4) is 0 Å². The average molecular weight is 484 g/mol. The van der Waals surface area contributed by atoms with Gasteiger partial charge in [-0.25, -0.2) is 19.3 Å². The molecular weight excluding hydrogens is 461 g/mol. The van der Waals surface area contributed by atoms with Gasteiger partial charge in [-0.3, -0.25) is 0 Å². The molecule has 0 saturated heterocycles. The highest BCUT2D eigenvalue weighted by Gasteiger charge is 2.37. The smallest absolute Gasteiger partial charge is 0.387 e. The number of aliphatic hydroxyl groups is 1. The van der Waals surface area contributed by atoms with Gasteiger partial charge in [0.05, 0.1) is 17.1 Å². The second-order valence-corrected chi connectivity index (χ2v) is 8.91. The lowest BCUT2D eigenvalue weighted by Crippen LogP contribution is -2.19. The van der Waals surface area contributed by atoms with Crippen molar-refractivity contribution >= 4 is 11.0 Å². The third-order valence-electron chi connectivity index (χ3n) is 6.13. The summed E-state index contributed by atoms with van der Waals surface area (Å²) in [5.74, 6) is 0.340. The number of nitrogens with zero attached hydrogens (tertiary/aromatic N) is 4. The second kappa shape index (κ2) is 8.62. The van der Waals surface area contributed by atoms with Gasteiger partial charge in [0.25, 0.3) is 0 Å². The zero-order valence-corrected chi connectivity index (χ0v) is 19.2. The molecule has 0 bridgehead atoms. The Labute approximate surface area is 199 Å². The van der Waals surface area contributed by atoms with E-state index in [0.29, 0.717) is 34.4 Å². The highest BCUT2D eigenvalue weighted by atomic mass is 19.3. The topological polar surface area (TPSA) is 82.3 Å². The number of imidazole rings is 1. The minimum atomic E-state index is -2.97. The molecule has 182 valence electrons. The molecule has 0 spiro atoms. The van der Waals surface area contributed by atoms with E-state index in [2.05, 4.69) is 15.0 Å². The molecule has 1 N–H and O–H groups in total. The van der Waals surface area contributed by atoms with E-state index in [9.17, 15) is 13.9 Å². The molecule has 0 saturated carbocycles. The maximum atomic E-state index is 15.1. The number of hydrogen-bond donors (Lipinski definition) is 1. The van der Waals surface area contributed by atoms with Crippen LogP contribution >= 0.6 is 0 Å². The summed E-state index contributed by atoms with van der Waals surface area (Å²) in [6, 6.07) is 9.15. The molecule has 1 aliphatic rings. The van der Waals surface area contributed by atoms with Crippen molar-refractivity contribution < 1.29 is 27.8 Å². The summed E-state index contributed by atoms with van der Waals surface area (Å²) in [5.41, 5.74) is 1.01. The van der Waals surface area contributed by atoms with Crippen molar-refractivity contribution in [3.63, 3.8) is 0 Å². The van der Waals surface area contributed by atoms with Gasteiger partial charge in [0, 0.05) is 48.7 Å².